The van der Waals surface area contributed by atoms with E-state index in [9.17, 15) is 21.6 Å². The zero-order valence-corrected chi connectivity index (χ0v) is 14.7. The predicted octanol–water partition coefficient (Wildman–Crippen LogP) is 4.79. The van der Waals surface area contributed by atoms with Crippen molar-refractivity contribution in [2.24, 2.45) is 17.3 Å². The van der Waals surface area contributed by atoms with Crippen LogP contribution in [0.5, 0.6) is 0 Å². The highest BCUT2D eigenvalue weighted by molar-refractivity contribution is 7.87. The van der Waals surface area contributed by atoms with Gasteiger partial charge in [-0.2, -0.15) is 21.6 Å². The van der Waals surface area contributed by atoms with Crippen LogP contribution in [0.25, 0.3) is 0 Å². The van der Waals surface area contributed by atoms with Gasteiger partial charge in [0, 0.05) is 5.41 Å². The summed E-state index contributed by atoms with van der Waals surface area (Å²) in [5.74, 6) is -0.168. The lowest BCUT2D eigenvalue weighted by molar-refractivity contribution is -0.0866. The van der Waals surface area contributed by atoms with E-state index in [1.807, 2.05) is 6.92 Å². The molecule has 0 spiro atoms. The molecule has 0 amide bonds. The first-order valence-corrected chi connectivity index (χ1v) is 9.52. The highest BCUT2D eigenvalue weighted by atomic mass is 32.2. The Hall–Kier alpha value is -0.560. The van der Waals surface area contributed by atoms with E-state index >= 15 is 0 Å². The molecule has 2 aliphatic carbocycles. The van der Waals surface area contributed by atoms with E-state index in [4.69, 9.17) is 4.18 Å². The fourth-order valence-electron chi connectivity index (χ4n) is 4.51. The van der Waals surface area contributed by atoms with Crippen LogP contribution in [-0.2, 0) is 14.3 Å². The minimum Gasteiger partial charge on any atom is -0.255 e. The molecule has 2 bridgehead atoms. The Bertz CT molecular complexity index is 580. The van der Waals surface area contributed by atoms with Crippen molar-refractivity contribution in [3.8, 4) is 0 Å². The van der Waals surface area contributed by atoms with E-state index in [-0.39, 0.29) is 11.8 Å². The molecule has 7 heteroatoms. The van der Waals surface area contributed by atoms with Crippen molar-refractivity contribution in [1.29, 1.82) is 0 Å². The molecule has 0 aromatic rings. The van der Waals surface area contributed by atoms with E-state index in [0.717, 1.165) is 24.8 Å². The van der Waals surface area contributed by atoms with E-state index in [0.29, 0.717) is 19.3 Å². The Kier molecular flexibility index (Phi) is 4.70. The third-order valence-electron chi connectivity index (χ3n) is 5.88. The van der Waals surface area contributed by atoms with Crippen LogP contribution in [-0.4, -0.2) is 19.5 Å². The maximum Gasteiger partial charge on any atom is 0.523 e. The second-order valence-electron chi connectivity index (χ2n) is 7.27. The van der Waals surface area contributed by atoms with Crippen molar-refractivity contribution < 1.29 is 25.8 Å². The number of alkyl halides is 3. The summed E-state index contributed by atoms with van der Waals surface area (Å²) >= 11 is 0. The molecule has 0 aromatic heterocycles. The fraction of sp³-hybridized carbons (Fsp3) is 0.875. The van der Waals surface area contributed by atoms with E-state index in [1.165, 1.54) is 0 Å². The van der Waals surface area contributed by atoms with Crippen LogP contribution in [0.15, 0.2) is 12.2 Å². The van der Waals surface area contributed by atoms with Crippen LogP contribution in [0.3, 0.4) is 0 Å². The summed E-state index contributed by atoms with van der Waals surface area (Å²) in [6.45, 7) is 9.61. The molecule has 0 aromatic carbocycles. The minimum absolute atomic E-state index is 0.0466. The van der Waals surface area contributed by atoms with Crippen LogP contribution in [0, 0.1) is 17.3 Å². The second kappa shape index (κ2) is 5.76. The third-order valence-corrected chi connectivity index (χ3v) is 6.96. The van der Waals surface area contributed by atoms with Gasteiger partial charge in [-0.05, 0) is 31.1 Å². The van der Waals surface area contributed by atoms with Crippen molar-refractivity contribution >= 4 is 10.1 Å². The van der Waals surface area contributed by atoms with Crippen LogP contribution in [0.4, 0.5) is 13.2 Å². The molecule has 0 aliphatic heterocycles. The number of fused-ring (bicyclic) bond motifs is 2. The summed E-state index contributed by atoms with van der Waals surface area (Å²) in [4.78, 5) is 0. The SMILES string of the molecule is C=C1[C@@H]2CC[C@@](OS(=O)(=O)C(F)(F)F)([C@H]2CCCCC)C1(C)C. The van der Waals surface area contributed by atoms with Crippen molar-refractivity contribution in [2.45, 2.75) is 70.4 Å². The number of unbranched alkanes of at least 4 members (excludes halogenated alkanes) is 2. The van der Waals surface area contributed by atoms with Gasteiger partial charge in [-0.15, -0.1) is 0 Å². The molecule has 2 aliphatic rings. The summed E-state index contributed by atoms with van der Waals surface area (Å²) in [6, 6.07) is 0. The quantitative estimate of drug-likeness (QED) is 0.298. The van der Waals surface area contributed by atoms with E-state index < -0.39 is 26.6 Å². The Labute approximate surface area is 136 Å². The summed E-state index contributed by atoms with van der Waals surface area (Å²) in [6.07, 6.45) is 4.48. The van der Waals surface area contributed by atoms with Gasteiger partial charge in [-0.3, -0.25) is 4.18 Å². The first-order chi connectivity index (χ1) is 10.4. The van der Waals surface area contributed by atoms with Gasteiger partial charge in [-0.25, -0.2) is 0 Å². The average molecular weight is 354 g/mol. The molecular formula is C16H25F3O3S. The molecular weight excluding hydrogens is 329 g/mol. The highest BCUT2D eigenvalue weighted by Crippen LogP contribution is 2.67. The van der Waals surface area contributed by atoms with Gasteiger partial charge in [0.25, 0.3) is 0 Å². The second-order valence-corrected chi connectivity index (χ2v) is 8.81. The molecule has 0 N–H and O–H groups in total. The van der Waals surface area contributed by atoms with Gasteiger partial charge in [0.2, 0.25) is 0 Å². The van der Waals surface area contributed by atoms with Crippen LogP contribution >= 0.6 is 0 Å². The maximum atomic E-state index is 12.9. The monoisotopic (exact) mass is 354 g/mol. The summed E-state index contributed by atoms with van der Waals surface area (Å²) in [5, 5.41) is 0. The standard InChI is InChI=1S/C16H25F3O3S/c1-5-6-7-8-13-12-9-10-15(13,14(3,4)11(12)2)22-23(20,21)16(17,18)19/h12-13H,2,5-10H2,1,3-4H3/t12-,13-,15+/m0/s1. The van der Waals surface area contributed by atoms with Crippen LogP contribution in [0.2, 0.25) is 0 Å². The summed E-state index contributed by atoms with van der Waals surface area (Å²) in [7, 11) is -5.62. The first kappa shape index (κ1) is 18.8. The molecule has 0 saturated heterocycles. The number of rotatable bonds is 6. The smallest absolute Gasteiger partial charge is 0.255 e. The Morgan fingerprint density at radius 3 is 2.43 bits per heavy atom. The molecule has 134 valence electrons. The molecule has 2 rings (SSSR count). The van der Waals surface area contributed by atoms with E-state index in [2.05, 4.69) is 6.58 Å². The van der Waals surface area contributed by atoms with Crippen molar-refractivity contribution in [3.05, 3.63) is 12.2 Å². The summed E-state index contributed by atoms with van der Waals surface area (Å²) < 4.78 is 66.9. The van der Waals surface area contributed by atoms with Crippen molar-refractivity contribution in [3.63, 3.8) is 0 Å². The molecule has 3 nitrogen and oxygen atoms in total. The lowest BCUT2D eigenvalue weighted by Crippen LogP contribution is -2.50. The number of halogens is 3. The van der Waals surface area contributed by atoms with Gasteiger partial charge in [0.1, 0.15) is 5.60 Å². The van der Waals surface area contributed by atoms with Gasteiger partial charge in [0.05, 0.1) is 0 Å². The molecule has 0 unspecified atom stereocenters. The molecule has 2 saturated carbocycles. The molecule has 3 atom stereocenters. The molecule has 0 radical (unpaired) electrons. The first-order valence-electron chi connectivity index (χ1n) is 8.12. The topological polar surface area (TPSA) is 43.4 Å². The van der Waals surface area contributed by atoms with Gasteiger partial charge < -0.3 is 0 Å². The normalized spacial score (nSPS) is 33.4. The van der Waals surface area contributed by atoms with Gasteiger partial charge in [0.15, 0.2) is 0 Å². The third kappa shape index (κ3) is 2.73. The fourth-order valence-corrected chi connectivity index (χ4v) is 5.41. The highest BCUT2D eigenvalue weighted by Gasteiger charge is 2.69. The zero-order valence-electron chi connectivity index (χ0n) is 13.9. The van der Waals surface area contributed by atoms with E-state index in [1.54, 1.807) is 13.8 Å². The maximum absolute atomic E-state index is 12.9. The Morgan fingerprint density at radius 2 is 1.91 bits per heavy atom. The Morgan fingerprint density at radius 1 is 1.30 bits per heavy atom. The molecule has 23 heavy (non-hydrogen) atoms. The van der Waals surface area contributed by atoms with Gasteiger partial charge >= 0.3 is 15.6 Å². The minimum atomic E-state index is -5.62. The number of hydrogen-bond donors (Lipinski definition) is 0. The lowest BCUT2D eigenvalue weighted by Gasteiger charge is -2.43. The number of hydrogen-bond acceptors (Lipinski definition) is 3. The predicted molar refractivity (Wildman–Crippen MR) is 82.1 cm³/mol. The van der Waals surface area contributed by atoms with Gasteiger partial charge in [-0.1, -0.05) is 52.2 Å². The largest absolute Gasteiger partial charge is 0.523 e. The van der Waals surface area contributed by atoms with Crippen LogP contribution in [0.1, 0.15) is 59.3 Å². The zero-order chi connectivity index (χ0) is 17.7. The lowest BCUT2D eigenvalue weighted by atomic mass is 9.69. The molecule has 2 fully saturated rings. The average Bonchev–Trinajstić information content (AvgIpc) is 2.81. The molecule has 0 heterocycles. The van der Waals surface area contributed by atoms with Crippen LogP contribution < -0.4 is 0 Å². The Balaban J connectivity index is 2.39. The summed E-state index contributed by atoms with van der Waals surface area (Å²) in [5.41, 5.74) is -6.68. The van der Waals surface area contributed by atoms with Crippen molar-refractivity contribution in [1.82, 2.24) is 0 Å². The van der Waals surface area contributed by atoms with Crippen molar-refractivity contribution in [2.75, 3.05) is 0 Å².